The SMILES string of the molecule is [2H]C(C)(C)c1cc(-c2ccccc2)c(-n2c(-c3cc(C(C)C)cc(C(C)C)c3O)nc3c(-c4cc(-c5cc(-c6ccc(-c7ccccc7)cc6)ccn5)cc(C(C)(C)C)c4)cccc32)cc1-c1ccccc1. The van der Waals surface area contributed by atoms with Gasteiger partial charge in [0.15, 0.2) is 0 Å². The molecule has 1 N–H and O–H groups in total. The predicted octanol–water partition coefficient (Wildman–Crippen LogP) is 18.5. The molecule has 0 fully saturated rings. The third kappa shape index (κ3) is 9.23. The van der Waals surface area contributed by atoms with E-state index in [0.29, 0.717) is 11.4 Å². The summed E-state index contributed by atoms with van der Waals surface area (Å²) in [6, 6.07) is 66.5. The molecule has 0 radical (unpaired) electrons. The van der Waals surface area contributed by atoms with Crippen molar-refractivity contribution in [2.24, 2.45) is 0 Å². The number of benzene rings is 8. The van der Waals surface area contributed by atoms with Crippen molar-refractivity contribution in [1.82, 2.24) is 14.5 Å². The van der Waals surface area contributed by atoms with E-state index < -0.39 is 5.89 Å². The molecule has 4 heteroatoms. The summed E-state index contributed by atoms with van der Waals surface area (Å²) in [5.41, 5.74) is 19.8. The maximum atomic E-state index is 12.5. The molecule has 0 amide bonds. The average molecular weight is 927 g/mol. The number of aromatic nitrogens is 3. The van der Waals surface area contributed by atoms with Gasteiger partial charge in [-0.1, -0.05) is 202 Å². The standard InChI is InChI=1S/C67H63N3O/c1-42(2)51-37-57(44(5)6)65(71)60(38-51)66-69-64-55(26-19-27-62(64)70(66)63-41-58(48-22-15-11-16-23-48)56(43(3)4)40-59(63)49-24-17-12-18-25-49)52-34-53(36-54(35-52)67(7,8)9)61-39-50(32-33-68-61)47-30-28-46(29-31-47)45-20-13-10-14-21-45/h10-44,71H,1-9H3/i43D. The smallest absolute Gasteiger partial charge is 0.149 e. The summed E-state index contributed by atoms with van der Waals surface area (Å²) in [5.74, 6) is 0.232. The van der Waals surface area contributed by atoms with Gasteiger partial charge in [-0.3, -0.25) is 9.55 Å². The van der Waals surface area contributed by atoms with Crippen LogP contribution >= 0.6 is 0 Å². The fourth-order valence-corrected chi connectivity index (χ4v) is 9.89. The molecule has 0 spiro atoms. The summed E-state index contributed by atoms with van der Waals surface area (Å²) >= 11 is 0. The molecule has 0 saturated carbocycles. The van der Waals surface area contributed by atoms with Gasteiger partial charge in [0, 0.05) is 24.3 Å². The average Bonchev–Trinajstić information content (AvgIpc) is 3.78. The van der Waals surface area contributed by atoms with Crippen LogP contribution in [-0.4, -0.2) is 19.6 Å². The normalized spacial score (nSPS) is 12.2. The number of nitrogens with zero attached hydrogens (tertiary/aromatic N) is 3. The van der Waals surface area contributed by atoms with E-state index in [1.54, 1.807) is 0 Å². The van der Waals surface area contributed by atoms with Crippen molar-refractivity contribution in [1.29, 1.82) is 0 Å². The Morgan fingerprint density at radius 1 is 0.479 bits per heavy atom. The van der Waals surface area contributed by atoms with Crippen molar-refractivity contribution >= 4 is 11.0 Å². The molecular weight excluding hydrogens is 863 g/mol. The van der Waals surface area contributed by atoms with E-state index in [-0.39, 0.29) is 23.0 Å². The Hall–Kier alpha value is -7.82. The molecule has 0 aliphatic rings. The summed E-state index contributed by atoms with van der Waals surface area (Å²) in [6.45, 7) is 19.4. The first-order valence-corrected chi connectivity index (χ1v) is 25.0. The third-order valence-corrected chi connectivity index (χ3v) is 14.0. The fourth-order valence-electron chi connectivity index (χ4n) is 9.89. The van der Waals surface area contributed by atoms with E-state index in [1.807, 2.05) is 38.2 Å². The predicted molar refractivity (Wildman–Crippen MR) is 300 cm³/mol. The summed E-state index contributed by atoms with van der Waals surface area (Å²) in [5, 5.41) is 12.5. The molecular formula is C67H63N3O. The first kappa shape index (κ1) is 45.6. The number of hydrogen-bond donors (Lipinski definition) is 1. The maximum absolute atomic E-state index is 12.5. The highest BCUT2D eigenvalue weighted by Gasteiger charge is 2.27. The minimum absolute atomic E-state index is 0.0679. The second-order valence-electron chi connectivity index (χ2n) is 20.8. The lowest BCUT2D eigenvalue weighted by atomic mass is 9.83. The van der Waals surface area contributed by atoms with Crippen LogP contribution in [-0.2, 0) is 5.41 Å². The first-order valence-electron chi connectivity index (χ1n) is 25.5. The molecule has 0 atom stereocenters. The highest BCUT2D eigenvalue weighted by molar-refractivity contribution is 5.98. The van der Waals surface area contributed by atoms with Gasteiger partial charge < -0.3 is 5.11 Å². The number of para-hydroxylation sites is 1. The van der Waals surface area contributed by atoms with Crippen molar-refractivity contribution in [3.05, 3.63) is 217 Å². The van der Waals surface area contributed by atoms with E-state index in [4.69, 9.17) is 9.97 Å². The maximum Gasteiger partial charge on any atom is 0.149 e. The number of fused-ring (bicyclic) bond motifs is 1. The lowest BCUT2D eigenvalue weighted by Gasteiger charge is -2.23. The lowest BCUT2D eigenvalue weighted by molar-refractivity contribution is 0.466. The number of hydrogen-bond acceptors (Lipinski definition) is 3. The number of pyridine rings is 1. The second-order valence-corrected chi connectivity index (χ2v) is 20.8. The Morgan fingerprint density at radius 2 is 1.07 bits per heavy atom. The summed E-state index contributed by atoms with van der Waals surface area (Å²) < 4.78 is 11.8. The monoisotopic (exact) mass is 927 g/mol. The summed E-state index contributed by atoms with van der Waals surface area (Å²) in [6.07, 6.45) is 1.91. The zero-order valence-corrected chi connectivity index (χ0v) is 42.4. The van der Waals surface area contributed by atoms with Gasteiger partial charge in [-0.2, -0.15) is 0 Å². The van der Waals surface area contributed by atoms with Gasteiger partial charge in [0.1, 0.15) is 11.6 Å². The lowest BCUT2D eigenvalue weighted by Crippen LogP contribution is -2.11. The number of imidazole rings is 1. The van der Waals surface area contributed by atoms with Crippen LogP contribution in [0.25, 0.3) is 95.0 Å². The number of aromatic hydroxyl groups is 1. The molecule has 71 heavy (non-hydrogen) atoms. The van der Waals surface area contributed by atoms with E-state index >= 15 is 0 Å². The van der Waals surface area contributed by atoms with Crippen LogP contribution in [0.3, 0.4) is 0 Å². The van der Waals surface area contributed by atoms with Gasteiger partial charge in [0.25, 0.3) is 0 Å². The van der Waals surface area contributed by atoms with Crippen molar-refractivity contribution in [3.63, 3.8) is 0 Å². The minimum atomic E-state index is -0.923. The first-order chi connectivity index (χ1) is 34.5. The van der Waals surface area contributed by atoms with Gasteiger partial charge in [-0.15, -0.1) is 0 Å². The Labute approximate surface area is 421 Å². The zero-order valence-electron chi connectivity index (χ0n) is 43.4. The minimum Gasteiger partial charge on any atom is -0.507 e. The number of rotatable bonds is 11. The van der Waals surface area contributed by atoms with E-state index in [0.717, 1.165) is 89.2 Å². The highest BCUT2D eigenvalue weighted by atomic mass is 16.3. The Bertz CT molecular complexity index is 3580. The highest BCUT2D eigenvalue weighted by Crippen LogP contribution is 2.46. The second kappa shape index (κ2) is 19.2. The number of phenols is 1. The van der Waals surface area contributed by atoms with Gasteiger partial charge in [-0.05, 0) is 138 Å². The van der Waals surface area contributed by atoms with Crippen molar-refractivity contribution in [2.45, 2.75) is 85.5 Å². The van der Waals surface area contributed by atoms with Crippen molar-refractivity contribution in [2.75, 3.05) is 0 Å². The van der Waals surface area contributed by atoms with Crippen LogP contribution in [0.2, 0.25) is 0 Å². The molecule has 10 rings (SSSR count). The van der Waals surface area contributed by atoms with E-state index in [9.17, 15) is 6.48 Å². The quantitative estimate of drug-likeness (QED) is 0.141. The van der Waals surface area contributed by atoms with Crippen LogP contribution in [0, 0.1) is 0 Å². The molecule has 8 aromatic carbocycles. The van der Waals surface area contributed by atoms with Gasteiger partial charge >= 0.3 is 0 Å². The molecule has 2 aromatic heterocycles. The molecule has 2 heterocycles. The van der Waals surface area contributed by atoms with Crippen LogP contribution in [0.5, 0.6) is 5.75 Å². The summed E-state index contributed by atoms with van der Waals surface area (Å²) in [4.78, 5) is 10.7. The third-order valence-electron chi connectivity index (χ3n) is 14.0. The molecule has 0 saturated heterocycles. The van der Waals surface area contributed by atoms with Crippen molar-refractivity contribution in [3.8, 4) is 89.7 Å². The van der Waals surface area contributed by atoms with Gasteiger partial charge in [0.2, 0.25) is 0 Å². The zero-order chi connectivity index (χ0) is 50.5. The molecule has 4 nitrogen and oxygen atoms in total. The summed E-state index contributed by atoms with van der Waals surface area (Å²) in [7, 11) is 0. The van der Waals surface area contributed by atoms with Crippen LogP contribution in [0.15, 0.2) is 194 Å². The fraction of sp³-hybridized carbons (Fsp3) is 0.194. The van der Waals surface area contributed by atoms with Crippen molar-refractivity contribution < 1.29 is 6.48 Å². The topological polar surface area (TPSA) is 50.9 Å². The Kier molecular flexibility index (Phi) is 12.3. The van der Waals surface area contributed by atoms with Gasteiger partial charge in [-0.25, -0.2) is 4.98 Å². The number of phenolic OH excluding ortho intramolecular Hbond substituents is 1. The van der Waals surface area contributed by atoms with E-state index in [2.05, 4.69) is 223 Å². The Balaban J connectivity index is 1.24. The molecule has 0 unspecified atom stereocenters. The van der Waals surface area contributed by atoms with Crippen LogP contribution in [0.4, 0.5) is 0 Å². The molecule has 352 valence electrons. The van der Waals surface area contributed by atoms with Gasteiger partial charge in [0.05, 0.1) is 28.0 Å². The van der Waals surface area contributed by atoms with E-state index in [1.165, 1.54) is 16.7 Å². The molecule has 0 aliphatic heterocycles. The van der Waals surface area contributed by atoms with Crippen LogP contribution < -0.4 is 0 Å². The Morgan fingerprint density at radius 3 is 1.68 bits per heavy atom. The molecule has 10 aromatic rings. The molecule has 0 aliphatic carbocycles. The largest absolute Gasteiger partial charge is 0.507 e. The van der Waals surface area contributed by atoms with Crippen LogP contribution in [0.1, 0.15) is 104 Å². The molecule has 0 bridgehead atoms.